The van der Waals surface area contributed by atoms with Crippen molar-refractivity contribution in [3.05, 3.63) is 51.2 Å². The second-order valence-electron chi connectivity index (χ2n) is 5.61. The third-order valence-corrected chi connectivity index (χ3v) is 5.36. The highest BCUT2D eigenvalue weighted by molar-refractivity contribution is 7.10. The van der Waals surface area contributed by atoms with Crippen molar-refractivity contribution in [1.29, 1.82) is 0 Å². The molecule has 0 fully saturated rings. The Bertz CT molecular complexity index is 605. The fourth-order valence-electron chi connectivity index (χ4n) is 3.17. The van der Waals surface area contributed by atoms with Gasteiger partial charge in [-0.1, -0.05) is 13.0 Å². The van der Waals surface area contributed by atoms with E-state index in [4.69, 9.17) is 4.74 Å². The molecule has 0 bridgehead atoms. The zero-order valence-corrected chi connectivity index (χ0v) is 13.6. The lowest BCUT2D eigenvalue weighted by Crippen LogP contribution is -2.24. The number of aryl methyl sites for hydroxylation is 2. The van der Waals surface area contributed by atoms with Crippen LogP contribution in [0.25, 0.3) is 0 Å². The molecule has 1 aliphatic carbocycles. The lowest BCUT2D eigenvalue weighted by molar-refractivity contribution is 0.408. The summed E-state index contributed by atoms with van der Waals surface area (Å²) in [5.41, 5.74) is 4.38. The molecule has 1 heterocycles. The summed E-state index contributed by atoms with van der Waals surface area (Å²) in [7, 11) is 1.74. The van der Waals surface area contributed by atoms with E-state index in [1.54, 1.807) is 7.11 Å². The first kappa shape index (κ1) is 14.6. The monoisotopic (exact) mass is 301 g/mol. The van der Waals surface area contributed by atoms with Gasteiger partial charge in [-0.25, -0.2) is 0 Å². The molecule has 21 heavy (non-hydrogen) atoms. The summed E-state index contributed by atoms with van der Waals surface area (Å²) in [6, 6.07) is 9.22. The molecule has 0 amide bonds. The van der Waals surface area contributed by atoms with Crippen molar-refractivity contribution in [3.8, 4) is 5.75 Å². The number of hydrogen-bond acceptors (Lipinski definition) is 3. The minimum atomic E-state index is 0.454. The van der Waals surface area contributed by atoms with Crippen molar-refractivity contribution < 1.29 is 4.74 Å². The van der Waals surface area contributed by atoms with Gasteiger partial charge >= 0.3 is 0 Å². The standard InChI is InChI=1S/C18H23NOS/c1-3-13-9-10-21-18(13)12-19-17-6-4-5-14-7-8-15(20-2)11-16(14)17/h7-11,17,19H,3-6,12H2,1-2H3. The van der Waals surface area contributed by atoms with E-state index < -0.39 is 0 Å². The Morgan fingerprint density at radius 2 is 2.24 bits per heavy atom. The zero-order chi connectivity index (χ0) is 14.7. The number of ether oxygens (including phenoxy) is 1. The number of thiophene rings is 1. The second-order valence-corrected chi connectivity index (χ2v) is 6.61. The normalized spacial score (nSPS) is 17.5. The van der Waals surface area contributed by atoms with E-state index in [9.17, 15) is 0 Å². The molecular formula is C18H23NOS. The first-order valence-electron chi connectivity index (χ1n) is 7.77. The smallest absolute Gasteiger partial charge is 0.119 e. The molecule has 3 rings (SSSR count). The Kier molecular flexibility index (Phi) is 4.61. The Labute approximate surface area is 131 Å². The molecule has 0 aliphatic heterocycles. The van der Waals surface area contributed by atoms with Crippen LogP contribution in [0.4, 0.5) is 0 Å². The molecule has 1 unspecified atom stereocenters. The highest BCUT2D eigenvalue weighted by Crippen LogP contribution is 2.33. The third-order valence-electron chi connectivity index (χ3n) is 4.39. The molecule has 1 atom stereocenters. The van der Waals surface area contributed by atoms with Crippen LogP contribution in [0.15, 0.2) is 29.6 Å². The number of methoxy groups -OCH3 is 1. The maximum atomic E-state index is 5.39. The van der Waals surface area contributed by atoms with E-state index in [2.05, 4.69) is 41.9 Å². The number of benzene rings is 1. The molecule has 2 aromatic rings. The summed E-state index contributed by atoms with van der Waals surface area (Å²) in [4.78, 5) is 1.48. The highest BCUT2D eigenvalue weighted by atomic mass is 32.1. The van der Waals surface area contributed by atoms with Crippen molar-refractivity contribution in [2.24, 2.45) is 0 Å². The summed E-state index contributed by atoms with van der Waals surface area (Å²) in [5.74, 6) is 0.966. The topological polar surface area (TPSA) is 21.3 Å². The van der Waals surface area contributed by atoms with Crippen LogP contribution in [0.1, 0.15) is 47.4 Å². The lowest BCUT2D eigenvalue weighted by Gasteiger charge is -2.27. The Hall–Kier alpha value is -1.32. The third kappa shape index (κ3) is 3.14. The fraction of sp³-hybridized carbons (Fsp3) is 0.444. The van der Waals surface area contributed by atoms with Crippen molar-refractivity contribution in [2.45, 2.75) is 45.2 Å². The molecule has 0 radical (unpaired) electrons. The molecule has 1 aromatic heterocycles. The lowest BCUT2D eigenvalue weighted by atomic mass is 9.87. The van der Waals surface area contributed by atoms with Crippen molar-refractivity contribution in [2.75, 3.05) is 7.11 Å². The van der Waals surface area contributed by atoms with Crippen molar-refractivity contribution >= 4 is 11.3 Å². The van der Waals surface area contributed by atoms with E-state index in [-0.39, 0.29) is 0 Å². The van der Waals surface area contributed by atoms with Gasteiger partial charge in [0.1, 0.15) is 5.75 Å². The molecule has 0 saturated heterocycles. The Balaban J connectivity index is 1.75. The van der Waals surface area contributed by atoms with E-state index in [1.165, 1.54) is 40.8 Å². The molecular weight excluding hydrogens is 278 g/mol. The molecule has 0 saturated carbocycles. The van der Waals surface area contributed by atoms with Crippen LogP contribution in [-0.2, 0) is 19.4 Å². The molecule has 3 heteroatoms. The Morgan fingerprint density at radius 1 is 1.33 bits per heavy atom. The average molecular weight is 301 g/mol. The SMILES string of the molecule is CCc1ccsc1CNC1CCCc2ccc(OC)cc21. The molecule has 0 spiro atoms. The van der Waals surface area contributed by atoms with E-state index in [1.807, 2.05) is 11.3 Å². The molecule has 1 aliphatic rings. The van der Waals surface area contributed by atoms with Crippen LogP contribution in [0, 0.1) is 0 Å². The fourth-order valence-corrected chi connectivity index (χ4v) is 4.10. The van der Waals surface area contributed by atoms with Crippen LogP contribution in [0.3, 0.4) is 0 Å². The summed E-state index contributed by atoms with van der Waals surface area (Å²) >= 11 is 1.86. The number of hydrogen-bond donors (Lipinski definition) is 1. The van der Waals surface area contributed by atoms with E-state index in [0.29, 0.717) is 6.04 Å². The maximum Gasteiger partial charge on any atom is 0.119 e. The largest absolute Gasteiger partial charge is 0.497 e. The van der Waals surface area contributed by atoms with Gasteiger partial charge in [0.25, 0.3) is 0 Å². The van der Waals surface area contributed by atoms with Gasteiger partial charge in [-0.2, -0.15) is 0 Å². The molecule has 1 aromatic carbocycles. The van der Waals surface area contributed by atoms with Crippen LogP contribution in [0.5, 0.6) is 5.75 Å². The van der Waals surface area contributed by atoms with Gasteiger partial charge in [0.15, 0.2) is 0 Å². The molecule has 1 N–H and O–H groups in total. The number of nitrogens with one attached hydrogen (secondary N) is 1. The van der Waals surface area contributed by atoms with E-state index >= 15 is 0 Å². The first-order valence-corrected chi connectivity index (χ1v) is 8.65. The van der Waals surface area contributed by atoms with Crippen LogP contribution >= 0.6 is 11.3 Å². The quantitative estimate of drug-likeness (QED) is 0.879. The van der Waals surface area contributed by atoms with Gasteiger partial charge in [0.2, 0.25) is 0 Å². The van der Waals surface area contributed by atoms with Crippen LogP contribution in [0.2, 0.25) is 0 Å². The predicted molar refractivity (Wildman–Crippen MR) is 89.2 cm³/mol. The van der Waals surface area contributed by atoms with Gasteiger partial charge in [-0.3, -0.25) is 0 Å². The van der Waals surface area contributed by atoms with Crippen LogP contribution in [-0.4, -0.2) is 7.11 Å². The van der Waals surface area contributed by atoms with Crippen molar-refractivity contribution in [1.82, 2.24) is 5.32 Å². The predicted octanol–water partition coefficient (Wildman–Crippen LogP) is 4.49. The number of rotatable bonds is 5. The zero-order valence-electron chi connectivity index (χ0n) is 12.8. The van der Waals surface area contributed by atoms with Crippen LogP contribution < -0.4 is 10.1 Å². The van der Waals surface area contributed by atoms with Gasteiger partial charge < -0.3 is 10.1 Å². The van der Waals surface area contributed by atoms with Gasteiger partial charge in [-0.15, -0.1) is 11.3 Å². The molecule has 112 valence electrons. The highest BCUT2D eigenvalue weighted by Gasteiger charge is 2.20. The summed E-state index contributed by atoms with van der Waals surface area (Å²) in [6.45, 7) is 3.20. The summed E-state index contributed by atoms with van der Waals surface area (Å²) in [6.07, 6.45) is 4.79. The minimum absolute atomic E-state index is 0.454. The maximum absolute atomic E-state index is 5.39. The van der Waals surface area contributed by atoms with Gasteiger partial charge in [0, 0.05) is 17.5 Å². The second kappa shape index (κ2) is 6.63. The summed E-state index contributed by atoms with van der Waals surface area (Å²) in [5, 5.41) is 5.96. The average Bonchev–Trinajstić information content (AvgIpc) is 2.99. The molecule has 2 nitrogen and oxygen atoms in total. The van der Waals surface area contributed by atoms with Gasteiger partial charge in [0.05, 0.1) is 7.11 Å². The Morgan fingerprint density at radius 3 is 3.05 bits per heavy atom. The van der Waals surface area contributed by atoms with E-state index in [0.717, 1.165) is 18.7 Å². The van der Waals surface area contributed by atoms with Gasteiger partial charge in [-0.05, 0) is 66.0 Å². The minimum Gasteiger partial charge on any atom is -0.497 e. The summed E-state index contributed by atoms with van der Waals surface area (Å²) < 4.78 is 5.39. The number of fused-ring (bicyclic) bond motifs is 1. The first-order chi connectivity index (χ1) is 10.3. The van der Waals surface area contributed by atoms with Crippen molar-refractivity contribution in [3.63, 3.8) is 0 Å².